The summed E-state index contributed by atoms with van der Waals surface area (Å²) >= 11 is 0. The largest absolute Gasteiger partial charge is 0.308 e. The number of nitrogens with zero attached hydrogens (tertiary/aromatic N) is 1. The summed E-state index contributed by atoms with van der Waals surface area (Å²) in [5, 5.41) is 3.71. The Bertz CT molecular complexity index is 249. The van der Waals surface area contributed by atoms with E-state index in [1.807, 2.05) is 0 Å². The van der Waals surface area contributed by atoms with E-state index in [1.54, 1.807) is 0 Å². The first kappa shape index (κ1) is 12.1. The van der Waals surface area contributed by atoms with Crippen molar-refractivity contribution in [2.75, 3.05) is 13.6 Å². The zero-order valence-electron chi connectivity index (χ0n) is 10.8. The van der Waals surface area contributed by atoms with Gasteiger partial charge in [-0.25, -0.2) is 0 Å². The van der Waals surface area contributed by atoms with Crippen molar-refractivity contribution >= 4 is 0 Å². The van der Waals surface area contributed by atoms with Crippen LogP contribution in [0.4, 0.5) is 0 Å². The summed E-state index contributed by atoms with van der Waals surface area (Å²) in [5.41, 5.74) is 1.44. The third kappa shape index (κ3) is 2.67. The predicted octanol–water partition coefficient (Wildman–Crippen LogP) is 2.56. The van der Waals surface area contributed by atoms with E-state index in [0.717, 1.165) is 0 Å². The summed E-state index contributed by atoms with van der Waals surface area (Å²) < 4.78 is 0. The van der Waals surface area contributed by atoms with Gasteiger partial charge in [0.2, 0.25) is 0 Å². The fourth-order valence-electron chi connectivity index (χ4n) is 3.21. The number of hydrogen-bond donors (Lipinski definition) is 1. The van der Waals surface area contributed by atoms with E-state index in [-0.39, 0.29) is 0 Å². The van der Waals surface area contributed by atoms with Crippen molar-refractivity contribution in [1.82, 2.24) is 10.2 Å². The van der Waals surface area contributed by atoms with Crippen LogP contribution in [0.3, 0.4) is 0 Å². The Morgan fingerprint density at radius 1 is 1.19 bits per heavy atom. The second-order valence-corrected chi connectivity index (χ2v) is 5.62. The van der Waals surface area contributed by atoms with Crippen molar-refractivity contribution in [1.29, 1.82) is 0 Å². The molecule has 3 atom stereocenters. The van der Waals surface area contributed by atoms with Crippen molar-refractivity contribution < 1.29 is 0 Å². The van der Waals surface area contributed by atoms with Crippen molar-refractivity contribution in [3.8, 4) is 0 Å². The molecule has 2 saturated heterocycles. The lowest BCUT2D eigenvalue weighted by Crippen LogP contribution is -2.48. The topological polar surface area (TPSA) is 15.3 Å². The zero-order valence-corrected chi connectivity index (χ0v) is 10.8. The third-order valence-electron chi connectivity index (χ3n) is 4.26. The van der Waals surface area contributed by atoms with Gasteiger partial charge in [-0.1, -0.05) is 19.4 Å². The van der Waals surface area contributed by atoms with Crippen LogP contribution < -0.4 is 5.32 Å². The Balaban J connectivity index is 1.94. The highest BCUT2D eigenvalue weighted by atomic mass is 15.1. The van der Waals surface area contributed by atoms with Gasteiger partial charge in [0, 0.05) is 18.1 Å². The van der Waals surface area contributed by atoms with Crippen molar-refractivity contribution in [2.45, 2.75) is 63.6 Å². The Morgan fingerprint density at radius 2 is 2.00 bits per heavy atom. The molecule has 0 aromatic carbocycles. The van der Waals surface area contributed by atoms with Gasteiger partial charge in [-0.3, -0.25) is 4.90 Å². The molecule has 0 aromatic rings. The standard InChI is InChI=1S/C14H26N2/c1-11-7-6-8-13(15-11)12(2)14-9-4-5-10-16(14)3/h11,13-15H,2,4-10H2,1,3H3. The van der Waals surface area contributed by atoms with E-state index in [2.05, 4.69) is 30.8 Å². The second kappa shape index (κ2) is 5.33. The van der Waals surface area contributed by atoms with Crippen LogP contribution >= 0.6 is 0 Å². The van der Waals surface area contributed by atoms with Gasteiger partial charge in [-0.05, 0) is 51.8 Å². The van der Waals surface area contributed by atoms with Gasteiger partial charge in [0.1, 0.15) is 0 Å². The SMILES string of the molecule is C=C(C1CCCC(C)N1)C1CCCCN1C. The molecule has 3 unspecified atom stereocenters. The van der Waals surface area contributed by atoms with Gasteiger partial charge in [-0.15, -0.1) is 0 Å². The highest BCUT2D eigenvalue weighted by molar-refractivity contribution is 5.16. The maximum absolute atomic E-state index is 4.38. The number of likely N-dealkylation sites (N-methyl/N-ethyl adjacent to an activating group) is 1. The molecule has 2 nitrogen and oxygen atoms in total. The molecule has 2 aliphatic heterocycles. The van der Waals surface area contributed by atoms with Crippen LogP contribution in [-0.2, 0) is 0 Å². The molecule has 0 bridgehead atoms. The number of likely N-dealkylation sites (tertiary alicyclic amines) is 1. The predicted molar refractivity (Wildman–Crippen MR) is 69.6 cm³/mol. The Labute approximate surface area is 100 Å². The van der Waals surface area contributed by atoms with Gasteiger partial charge in [0.15, 0.2) is 0 Å². The average molecular weight is 222 g/mol. The zero-order chi connectivity index (χ0) is 11.5. The van der Waals surface area contributed by atoms with Gasteiger partial charge < -0.3 is 5.32 Å². The first-order valence-electron chi connectivity index (χ1n) is 6.83. The molecule has 0 saturated carbocycles. The number of piperidine rings is 2. The summed E-state index contributed by atoms with van der Waals surface area (Å²) in [6.07, 6.45) is 8.00. The van der Waals surface area contributed by atoms with E-state index >= 15 is 0 Å². The number of rotatable bonds is 2. The maximum atomic E-state index is 4.38. The minimum atomic E-state index is 0.564. The minimum Gasteiger partial charge on any atom is -0.308 e. The summed E-state index contributed by atoms with van der Waals surface area (Å²) in [4.78, 5) is 2.49. The van der Waals surface area contributed by atoms with Crippen LogP contribution in [0.2, 0.25) is 0 Å². The van der Waals surface area contributed by atoms with Crippen LogP contribution in [0.1, 0.15) is 45.4 Å². The Morgan fingerprint density at radius 3 is 2.69 bits per heavy atom. The van der Waals surface area contributed by atoms with E-state index < -0.39 is 0 Å². The number of nitrogens with one attached hydrogen (secondary N) is 1. The van der Waals surface area contributed by atoms with Crippen LogP contribution in [0.5, 0.6) is 0 Å². The minimum absolute atomic E-state index is 0.564. The van der Waals surface area contributed by atoms with E-state index in [9.17, 15) is 0 Å². The van der Waals surface area contributed by atoms with Crippen molar-refractivity contribution in [3.05, 3.63) is 12.2 Å². The highest BCUT2D eigenvalue weighted by Crippen LogP contribution is 2.26. The van der Waals surface area contributed by atoms with Crippen molar-refractivity contribution in [2.24, 2.45) is 0 Å². The first-order chi connectivity index (χ1) is 7.68. The van der Waals surface area contributed by atoms with Gasteiger partial charge >= 0.3 is 0 Å². The fourth-order valence-corrected chi connectivity index (χ4v) is 3.21. The van der Waals surface area contributed by atoms with Crippen LogP contribution in [0, 0.1) is 0 Å². The second-order valence-electron chi connectivity index (χ2n) is 5.62. The van der Waals surface area contributed by atoms with Gasteiger partial charge in [0.05, 0.1) is 0 Å². The van der Waals surface area contributed by atoms with E-state index in [1.165, 1.54) is 50.6 Å². The molecule has 2 rings (SSSR count). The molecule has 2 fully saturated rings. The third-order valence-corrected chi connectivity index (χ3v) is 4.26. The average Bonchev–Trinajstić information content (AvgIpc) is 2.29. The quantitative estimate of drug-likeness (QED) is 0.722. The molecule has 2 heteroatoms. The van der Waals surface area contributed by atoms with Gasteiger partial charge in [-0.2, -0.15) is 0 Å². The molecule has 0 radical (unpaired) electrons. The van der Waals surface area contributed by atoms with E-state index in [0.29, 0.717) is 18.1 Å². The number of hydrogen-bond acceptors (Lipinski definition) is 2. The lowest BCUT2D eigenvalue weighted by atomic mass is 9.87. The normalized spacial score (nSPS) is 37.2. The molecule has 0 spiro atoms. The van der Waals surface area contributed by atoms with Crippen molar-refractivity contribution in [3.63, 3.8) is 0 Å². The molecule has 16 heavy (non-hydrogen) atoms. The highest BCUT2D eigenvalue weighted by Gasteiger charge is 2.28. The Hall–Kier alpha value is -0.340. The lowest BCUT2D eigenvalue weighted by Gasteiger charge is -2.39. The molecule has 1 N–H and O–H groups in total. The van der Waals surface area contributed by atoms with E-state index in [4.69, 9.17) is 0 Å². The molecule has 92 valence electrons. The first-order valence-corrected chi connectivity index (χ1v) is 6.83. The van der Waals surface area contributed by atoms with Crippen LogP contribution in [0.25, 0.3) is 0 Å². The van der Waals surface area contributed by atoms with Crippen LogP contribution in [-0.4, -0.2) is 36.6 Å². The van der Waals surface area contributed by atoms with Crippen LogP contribution in [0.15, 0.2) is 12.2 Å². The fraction of sp³-hybridized carbons (Fsp3) is 0.857. The maximum Gasteiger partial charge on any atom is 0.0317 e. The molecular weight excluding hydrogens is 196 g/mol. The lowest BCUT2D eigenvalue weighted by molar-refractivity contribution is 0.197. The summed E-state index contributed by atoms with van der Waals surface area (Å²) in [7, 11) is 2.25. The summed E-state index contributed by atoms with van der Waals surface area (Å²) in [6.45, 7) is 7.92. The summed E-state index contributed by atoms with van der Waals surface area (Å²) in [5.74, 6) is 0. The smallest absolute Gasteiger partial charge is 0.0317 e. The molecule has 2 aliphatic rings. The molecule has 0 aromatic heterocycles. The molecular formula is C14H26N2. The molecule has 0 aliphatic carbocycles. The monoisotopic (exact) mass is 222 g/mol. The molecule has 0 amide bonds. The molecule has 2 heterocycles. The summed E-state index contributed by atoms with van der Waals surface area (Å²) in [6, 6.07) is 1.86. The van der Waals surface area contributed by atoms with Gasteiger partial charge in [0.25, 0.3) is 0 Å². The Kier molecular flexibility index (Phi) is 4.04.